The lowest BCUT2D eigenvalue weighted by Gasteiger charge is -2.11. The first kappa shape index (κ1) is 12.1. The van der Waals surface area contributed by atoms with Crippen LogP contribution in [0, 0.1) is 5.82 Å². The van der Waals surface area contributed by atoms with E-state index >= 15 is 0 Å². The molecular weight excluding hydrogens is 191 g/mol. The van der Waals surface area contributed by atoms with Gasteiger partial charge in [0.1, 0.15) is 5.82 Å². The summed E-state index contributed by atoms with van der Waals surface area (Å²) in [6, 6.07) is 5.47. The largest absolute Gasteiger partial charge is 0.330 e. The second-order valence-corrected chi connectivity index (χ2v) is 4.06. The van der Waals surface area contributed by atoms with Crippen molar-refractivity contribution in [1.82, 2.24) is 4.90 Å². The van der Waals surface area contributed by atoms with E-state index in [0.717, 1.165) is 24.0 Å². The summed E-state index contributed by atoms with van der Waals surface area (Å²) in [6.45, 7) is 1.30. The molecule has 1 aromatic carbocycles. The molecule has 0 heterocycles. The molecule has 0 radical (unpaired) electrons. The van der Waals surface area contributed by atoms with Crippen molar-refractivity contribution in [3.63, 3.8) is 0 Å². The third kappa shape index (κ3) is 3.98. The van der Waals surface area contributed by atoms with E-state index in [1.165, 1.54) is 0 Å². The van der Waals surface area contributed by atoms with Gasteiger partial charge in [0.05, 0.1) is 0 Å². The highest BCUT2D eigenvalue weighted by Crippen LogP contribution is 2.13. The monoisotopic (exact) mass is 210 g/mol. The van der Waals surface area contributed by atoms with Crippen LogP contribution in [0.3, 0.4) is 0 Å². The molecule has 84 valence electrons. The second kappa shape index (κ2) is 5.83. The van der Waals surface area contributed by atoms with Crippen molar-refractivity contribution < 1.29 is 4.39 Å². The highest BCUT2D eigenvalue weighted by Gasteiger charge is 2.04. The first-order chi connectivity index (χ1) is 7.13. The van der Waals surface area contributed by atoms with E-state index in [1.807, 2.05) is 31.1 Å². The summed E-state index contributed by atoms with van der Waals surface area (Å²) in [4.78, 5) is 1.96. The topological polar surface area (TPSA) is 29.3 Å². The first-order valence-corrected chi connectivity index (χ1v) is 5.25. The zero-order chi connectivity index (χ0) is 11.3. The SMILES string of the molecule is CN(C)Cc1ccc(CCCN)cc1F. The Morgan fingerprint density at radius 3 is 2.60 bits per heavy atom. The zero-order valence-corrected chi connectivity index (χ0v) is 9.46. The van der Waals surface area contributed by atoms with E-state index in [4.69, 9.17) is 5.73 Å². The normalized spacial score (nSPS) is 11.0. The molecule has 0 unspecified atom stereocenters. The Labute approximate surface area is 90.9 Å². The van der Waals surface area contributed by atoms with E-state index in [0.29, 0.717) is 13.1 Å². The van der Waals surface area contributed by atoms with E-state index in [9.17, 15) is 4.39 Å². The molecule has 0 saturated carbocycles. The standard InChI is InChI=1S/C12H19FN2/c1-15(2)9-11-6-5-10(4-3-7-14)8-12(11)13/h5-6,8H,3-4,7,9,14H2,1-2H3. The summed E-state index contributed by atoms with van der Waals surface area (Å²) in [7, 11) is 3.86. The molecule has 0 saturated heterocycles. The lowest BCUT2D eigenvalue weighted by Crippen LogP contribution is -2.12. The van der Waals surface area contributed by atoms with Gasteiger partial charge in [0.25, 0.3) is 0 Å². The quantitative estimate of drug-likeness (QED) is 0.802. The average molecular weight is 210 g/mol. The van der Waals surface area contributed by atoms with Gasteiger partial charge in [0.15, 0.2) is 0 Å². The number of benzene rings is 1. The summed E-state index contributed by atoms with van der Waals surface area (Å²) >= 11 is 0. The fourth-order valence-electron chi connectivity index (χ4n) is 1.52. The Balaban J connectivity index is 2.70. The number of rotatable bonds is 5. The minimum Gasteiger partial charge on any atom is -0.330 e. The molecule has 0 fully saturated rings. The van der Waals surface area contributed by atoms with E-state index in [1.54, 1.807) is 6.07 Å². The third-order valence-corrected chi connectivity index (χ3v) is 2.27. The molecule has 1 rings (SSSR count). The predicted octanol–water partition coefficient (Wildman–Crippen LogP) is 1.78. The summed E-state index contributed by atoms with van der Waals surface area (Å²) in [5.41, 5.74) is 7.18. The van der Waals surface area contributed by atoms with Crippen LogP contribution >= 0.6 is 0 Å². The van der Waals surface area contributed by atoms with Gasteiger partial charge in [-0.2, -0.15) is 0 Å². The lowest BCUT2D eigenvalue weighted by molar-refractivity contribution is 0.392. The molecule has 0 aliphatic carbocycles. The molecular formula is C12H19FN2. The fraction of sp³-hybridized carbons (Fsp3) is 0.500. The highest BCUT2D eigenvalue weighted by molar-refractivity contribution is 5.24. The maximum atomic E-state index is 13.6. The van der Waals surface area contributed by atoms with Crippen LogP contribution in [-0.4, -0.2) is 25.5 Å². The van der Waals surface area contributed by atoms with Crippen LogP contribution in [0.25, 0.3) is 0 Å². The number of hydrogen-bond donors (Lipinski definition) is 1. The molecule has 0 atom stereocenters. The molecule has 1 aromatic rings. The van der Waals surface area contributed by atoms with Gasteiger partial charge < -0.3 is 10.6 Å². The van der Waals surface area contributed by atoms with Crippen molar-refractivity contribution >= 4 is 0 Å². The maximum absolute atomic E-state index is 13.6. The van der Waals surface area contributed by atoms with Gasteiger partial charge in [-0.1, -0.05) is 12.1 Å². The van der Waals surface area contributed by atoms with E-state index < -0.39 is 0 Å². The predicted molar refractivity (Wildman–Crippen MR) is 61.2 cm³/mol. The molecule has 3 heteroatoms. The van der Waals surface area contributed by atoms with Gasteiger partial charge in [0.2, 0.25) is 0 Å². The molecule has 0 aliphatic rings. The molecule has 0 amide bonds. The number of nitrogens with zero attached hydrogens (tertiary/aromatic N) is 1. The molecule has 0 aromatic heterocycles. The molecule has 0 aliphatic heterocycles. The van der Waals surface area contributed by atoms with Crippen molar-refractivity contribution in [3.8, 4) is 0 Å². The minimum atomic E-state index is -0.113. The van der Waals surface area contributed by atoms with Gasteiger partial charge in [0, 0.05) is 12.1 Å². The smallest absolute Gasteiger partial charge is 0.127 e. The van der Waals surface area contributed by atoms with Crippen molar-refractivity contribution in [3.05, 3.63) is 35.1 Å². The van der Waals surface area contributed by atoms with Crippen LogP contribution in [-0.2, 0) is 13.0 Å². The van der Waals surface area contributed by atoms with Gasteiger partial charge >= 0.3 is 0 Å². The van der Waals surface area contributed by atoms with Gasteiger partial charge in [-0.15, -0.1) is 0 Å². The Morgan fingerprint density at radius 2 is 2.07 bits per heavy atom. The van der Waals surface area contributed by atoms with Crippen LogP contribution in [0.5, 0.6) is 0 Å². The van der Waals surface area contributed by atoms with Crippen LogP contribution in [0.4, 0.5) is 4.39 Å². The van der Waals surface area contributed by atoms with E-state index in [2.05, 4.69) is 0 Å². The summed E-state index contributed by atoms with van der Waals surface area (Å²) in [6.07, 6.45) is 1.77. The van der Waals surface area contributed by atoms with Crippen LogP contribution in [0.15, 0.2) is 18.2 Å². The van der Waals surface area contributed by atoms with Crippen LogP contribution < -0.4 is 5.73 Å². The summed E-state index contributed by atoms with van der Waals surface area (Å²) in [5.74, 6) is -0.113. The summed E-state index contributed by atoms with van der Waals surface area (Å²) in [5, 5.41) is 0. The van der Waals surface area contributed by atoms with Gasteiger partial charge in [-0.3, -0.25) is 0 Å². The Bertz CT molecular complexity index is 310. The lowest BCUT2D eigenvalue weighted by atomic mass is 10.1. The molecule has 0 bridgehead atoms. The second-order valence-electron chi connectivity index (χ2n) is 4.06. The van der Waals surface area contributed by atoms with Gasteiger partial charge in [-0.25, -0.2) is 4.39 Å². The molecule has 2 nitrogen and oxygen atoms in total. The maximum Gasteiger partial charge on any atom is 0.127 e. The number of halogens is 1. The number of hydrogen-bond acceptors (Lipinski definition) is 2. The Morgan fingerprint density at radius 1 is 1.33 bits per heavy atom. The van der Waals surface area contributed by atoms with Crippen LogP contribution in [0.1, 0.15) is 17.5 Å². The van der Waals surface area contributed by atoms with Crippen molar-refractivity contribution in [2.75, 3.05) is 20.6 Å². The molecule has 2 N–H and O–H groups in total. The van der Waals surface area contributed by atoms with Crippen molar-refractivity contribution in [1.29, 1.82) is 0 Å². The van der Waals surface area contributed by atoms with Crippen LogP contribution in [0.2, 0.25) is 0 Å². The van der Waals surface area contributed by atoms with E-state index in [-0.39, 0.29) is 5.82 Å². The Hall–Kier alpha value is -0.930. The molecule has 15 heavy (non-hydrogen) atoms. The summed E-state index contributed by atoms with van der Waals surface area (Å²) < 4.78 is 13.6. The Kier molecular flexibility index (Phi) is 4.72. The number of aryl methyl sites for hydroxylation is 1. The first-order valence-electron chi connectivity index (χ1n) is 5.25. The highest BCUT2D eigenvalue weighted by atomic mass is 19.1. The molecule has 0 spiro atoms. The van der Waals surface area contributed by atoms with Crippen molar-refractivity contribution in [2.24, 2.45) is 5.73 Å². The van der Waals surface area contributed by atoms with Crippen molar-refractivity contribution in [2.45, 2.75) is 19.4 Å². The fourth-order valence-corrected chi connectivity index (χ4v) is 1.52. The number of nitrogens with two attached hydrogens (primary N) is 1. The van der Waals surface area contributed by atoms with Gasteiger partial charge in [-0.05, 0) is 45.1 Å². The third-order valence-electron chi connectivity index (χ3n) is 2.27. The average Bonchev–Trinajstić information content (AvgIpc) is 2.18. The minimum absolute atomic E-state index is 0.113. The zero-order valence-electron chi connectivity index (χ0n) is 9.46.